The van der Waals surface area contributed by atoms with Crippen molar-refractivity contribution in [2.45, 2.75) is 5.03 Å². The maximum Gasteiger partial charge on any atom is 0.294 e. The lowest BCUT2D eigenvalue weighted by atomic mass is 10.2. The zero-order valence-electron chi connectivity index (χ0n) is 12.8. The van der Waals surface area contributed by atoms with E-state index in [4.69, 9.17) is 11.6 Å². The predicted octanol–water partition coefficient (Wildman–Crippen LogP) is 4.53. The number of para-hydroxylation sites is 1. The minimum Gasteiger partial charge on any atom is -0.320 e. The van der Waals surface area contributed by atoms with Gasteiger partial charge in [-0.25, -0.2) is 4.98 Å². The number of nitro groups is 1. The number of benzene rings is 2. The summed E-state index contributed by atoms with van der Waals surface area (Å²) in [5, 5.41) is 15.5. The third-order valence-corrected chi connectivity index (χ3v) is 4.52. The lowest BCUT2D eigenvalue weighted by Gasteiger charge is -2.06. The molecule has 1 amide bonds. The number of carbonyl (C=O) groups is 1. The number of nitrogens with zero attached hydrogens (tertiary/aromatic N) is 2. The van der Waals surface area contributed by atoms with Crippen LogP contribution in [0.3, 0.4) is 0 Å². The number of nitro benzene ring substituents is 1. The third kappa shape index (κ3) is 4.26. The summed E-state index contributed by atoms with van der Waals surface area (Å²) in [6.07, 6.45) is 0. The molecule has 25 heavy (non-hydrogen) atoms. The number of hydrogen-bond donors (Lipinski definition) is 1. The Morgan fingerprint density at radius 3 is 2.80 bits per heavy atom. The van der Waals surface area contributed by atoms with Crippen LogP contribution in [0.2, 0.25) is 5.02 Å². The van der Waals surface area contributed by atoms with Crippen LogP contribution in [-0.4, -0.2) is 21.6 Å². The van der Waals surface area contributed by atoms with E-state index in [0.717, 1.165) is 10.9 Å². The molecule has 0 bridgehead atoms. The SMILES string of the molecule is O=C(CSc1ccc2ccccc2n1)Nc1ccc(Cl)cc1[N+](=O)[O-]. The van der Waals surface area contributed by atoms with Crippen molar-refractivity contribution in [1.29, 1.82) is 0 Å². The number of thioether (sulfide) groups is 1. The van der Waals surface area contributed by atoms with E-state index in [1.807, 2.05) is 36.4 Å². The van der Waals surface area contributed by atoms with Gasteiger partial charge in [-0.3, -0.25) is 14.9 Å². The van der Waals surface area contributed by atoms with Gasteiger partial charge in [-0.05, 0) is 24.3 Å². The lowest BCUT2D eigenvalue weighted by Crippen LogP contribution is -2.15. The number of anilines is 1. The standard InChI is InChI=1S/C17H12ClN3O3S/c18-12-6-7-14(15(9-12)21(23)24)19-16(22)10-25-17-8-5-11-3-1-2-4-13(11)20-17/h1-9H,10H2,(H,19,22). The second kappa shape index (κ2) is 7.50. The summed E-state index contributed by atoms with van der Waals surface area (Å²) >= 11 is 7.02. The molecule has 0 fully saturated rings. The van der Waals surface area contributed by atoms with Crippen LogP contribution < -0.4 is 5.32 Å². The maximum atomic E-state index is 12.1. The van der Waals surface area contributed by atoms with Crippen molar-refractivity contribution in [2.24, 2.45) is 0 Å². The van der Waals surface area contributed by atoms with Crippen molar-refractivity contribution in [2.75, 3.05) is 11.1 Å². The van der Waals surface area contributed by atoms with Crippen LogP contribution >= 0.6 is 23.4 Å². The van der Waals surface area contributed by atoms with Crippen molar-refractivity contribution >= 4 is 51.5 Å². The molecule has 3 aromatic rings. The average Bonchev–Trinajstić information content (AvgIpc) is 2.61. The summed E-state index contributed by atoms with van der Waals surface area (Å²) in [6.45, 7) is 0. The molecule has 0 radical (unpaired) electrons. The highest BCUT2D eigenvalue weighted by Crippen LogP contribution is 2.28. The molecule has 6 nitrogen and oxygen atoms in total. The maximum absolute atomic E-state index is 12.1. The Morgan fingerprint density at radius 2 is 2.00 bits per heavy atom. The first-order valence-electron chi connectivity index (χ1n) is 7.25. The van der Waals surface area contributed by atoms with E-state index in [9.17, 15) is 14.9 Å². The van der Waals surface area contributed by atoms with E-state index in [1.54, 1.807) is 0 Å². The number of aromatic nitrogens is 1. The van der Waals surface area contributed by atoms with Crippen molar-refractivity contribution in [3.8, 4) is 0 Å². The van der Waals surface area contributed by atoms with Crippen molar-refractivity contribution < 1.29 is 9.72 Å². The van der Waals surface area contributed by atoms with Gasteiger partial charge in [0.05, 0.1) is 21.2 Å². The molecule has 8 heteroatoms. The zero-order chi connectivity index (χ0) is 17.8. The highest BCUT2D eigenvalue weighted by molar-refractivity contribution is 7.99. The van der Waals surface area contributed by atoms with Gasteiger partial charge in [-0.15, -0.1) is 0 Å². The fourth-order valence-electron chi connectivity index (χ4n) is 2.22. The van der Waals surface area contributed by atoms with Gasteiger partial charge in [0, 0.05) is 16.5 Å². The highest BCUT2D eigenvalue weighted by Gasteiger charge is 2.16. The van der Waals surface area contributed by atoms with Gasteiger partial charge >= 0.3 is 0 Å². The smallest absolute Gasteiger partial charge is 0.294 e. The third-order valence-electron chi connectivity index (χ3n) is 3.35. The van der Waals surface area contributed by atoms with Crippen LogP contribution in [0.15, 0.2) is 59.6 Å². The fraction of sp³-hybridized carbons (Fsp3) is 0.0588. The van der Waals surface area contributed by atoms with E-state index in [2.05, 4.69) is 10.3 Å². The molecule has 0 unspecified atom stereocenters. The minimum atomic E-state index is -0.584. The Balaban J connectivity index is 1.67. The van der Waals surface area contributed by atoms with Crippen molar-refractivity contribution in [1.82, 2.24) is 4.98 Å². The van der Waals surface area contributed by atoms with Crippen LogP contribution in [0.4, 0.5) is 11.4 Å². The molecule has 0 aliphatic carbocycles. The van der Waals surface area contributed by atoms with Gasteiger partial charge in [0.1, 0.15) is 5.69 Å². The van der Waals surface area contributed by atoms with Gasteiger partial charge in [0.15, 0.2) is 0 Å². The number of amides is 1. The summed E-state index contributed by atoms with van der Waals surface area (Å²) in [5.74, 6) is -0.268. The predicted molar refractivity (Wildman–Crippen MR) is 99.2 cm³/mol. The van der Waals surface area contributed by atoms with E-state index in [1.165, 1.54) is 30.0 Å². The molecular formula is C17H12ClN3O3S. The van der Waals surface area contributed by atoms with E-state index in [0.29, 0.717) is 5.03 Å². The number of halogens is 1. The van der Waals surface area contributed by atoms with Crippen LogP contribution in [0.5, 0.6) is 0 Å². The topological polar surface area (TPSA) is 85.1 Å². The molecule has 0 aliphatic heterocycles. The molecule has 0 spiro atoms. The molecule has 3 rings (SSSR count). The monoisotopic (exact) mass is 373 g/mol. The van der Waals surface area contributed by atoms with Crippen LogP contribution in [-0.2, 0) is 4.79 Å². The Labute approximate surface area is 152 Å². The Hall–Kier alpha value is -2.64. The summed E-state index contributed by atoms with van der Waals surface area (Å²) < 4.78 is 0. The summed E-state index contributed by atoms with van der Waals surface area (Å²) in [5.41, 5.74) is 0.724. The molecule has 0 saturated heterocycles. The summed E-state index contributed by atoms with van der Waals surface area (Å²) in [6, 6.07) is 15.6. The first-order valence-corrected chi connectivity index (χ1v) is 8.62. The Kier molecular flexibility index (Phi) is 5.16. The number of hydrogen-bond acceptors (Lipinski definition) is 5. The number of fused-ring (bicyclic) bond motifs is 1. The van der Waals surface area contributed by atoms with E-state index < -0.39 is 4.92 Å². The van der Waals surface area contributed by atoms with Gasteiger partial charge in [-0.2, -0.15) is 0 Å². The molecule has 126 valence electrons. The minimum absolute atomic E-state index is 0.0884. The first kappa shape index (κ1) is 17.2. The largest absolute Gasteiger partial charge is 0.320 e. The number of rotatable bonds is 5. The van der Waals surface area contributed by atoms with Crippen LogP contribution in [0.1, 0.15) is 0 Å². The normalized spacial score (nSPS) is 10.6. The Bertz CT molecular complexity index is 965. The van der Waals surface area contributed by atoms with Crippen molar-refractivity contribution in [3.63, 3.8) is 0 Å². The molecule has 0 atom stereocenters. The zero-order valence-corrected chi connectivity index (χ0v) is 14.4. The fourth-order valence-corrected chi connectivity index (χ4v) is 3.06. The molecule has 0 saturated carbocycles. The Morgan fingerprint density at radius 1 is 1.20 bits per heavy atom. The summed E-state index contributed by atoms with van der Waals surface area (Å²) in [4.78, 5) is 27.0. The molecule has 0 aliphatic rings. The van der Waals surface area contributed by atoms with Crippen LogP contribution in [0, 0.1) is 10.1 Å². The molecule has 1 N–H and O–H groups in total. The quantitative estimate of drug-likeness (QED) is 0.403. The van der Waals surface area contributed by atoms with Gasteiger partial charge in [-0.1, -0.05) is 47.6 Å². The number of carbonyl (C=O) groups excluding carboxylic acids is 1. The molecule has 1 aromatic heterocycles. The highest BCUT2D eigenvalue weighted by atomic mass is 35.5. The number of nitrogens with one attached hydrogen (secondary N) is 1. The molecule has 1 heterocycles. The second-order valence-corrected chi connectivity index (χ2v) is 6.53. The van der Waals surface area contributed by atoms with E-state index in [-0.39, 0.29) is 28.1 Å². The molecule has 2 aromatic carbocycles. The lowest BCUT2D eigenvalue weighted by molar-refractivity contribution is -0.383. The second-order valence-electron chi connectivity index (χ2n) is 5.10. The average molecular weight is 374 g/mol. The van der Waals surface area contributed by atoms with Gasteiger partial charge in [0.2, 0.25) is 5.91 Å². The molecular weight excluding hydrogens is 362 g/mol. The van der Waals surface area contributed by atoms with E-state index >= 15 is 0 Å². The summed E-state index contributed by atoms with van der Waals surface area (Å²) in [7, 11) is 0. The number of pyridine rings is 1. The van der Waals surface area contributed by atoms with Gasteiger partial charge in [0.25, 0.3) is 5.69 Å². The van der Waals surface area contributed by atoms with Crippen molar-refractivity contribution in [3.05, 3.63) is 69.7 Å². The van der Waals surface area contributed by atoms with Gasteiger partial charge < -0.3 is 5.32 Å². The van der Waals surface area contributed by atoms with Crippen LogP contribution in [0.25, 0.3) is 10.9 Å². The first-order chi connectivity index (χ1) is 12.0.